The lowest BCUT2D eigenvalue weighted by Gasteiger charge is -2.35. The van der Waals surface area contributed by atoms with Crippen molar-refractivity contribution in [3.8, 4) is 0 Å². The molecule has 2 aliphatic rings. The number of urea groups is 1. The van der Waals surface area contributed by atoms with E-state index in [0.717, 1.165) is 38.6 Å². The summed E-state index contributed by atoms with van der Waals surface area (Å²) in [4.78, 5) is 26.1. The quantitative estimate of drug-likeness (QED) is 0.836. The molecule has 1 unspecified atom stereocenters. The van der Waals surface area contributed by atoms with Crippen LogP contribution in [0.25, 0.3) is 0 Å². The van der Waals surface area contributed by atoms with Crippen LogP contribution in [0.5, 0.6) is 0 Å². The Kier molecular flexibility index (Phi) is 6.33. The van der Waals surface area contributed by atoms with E-state index in [9.17, 15) is 9.59 Å². The van der Waals surface area contributed by atoms with Gasteiger partial charge in [-0.25, -0.2) is 4.79 Å². The molecule has 5 heteroatoms. The summed E-state index contributed by atoms with van der Waals surface area (Å²) in [7, 11) is 0. The molecule has 1 atom stereocenters. The Hall–Kier alpha value is -1.26. The molecule has 1 saturated heterocycles. The second-order valence-electron chi connectivity index (χ2n) is 6.31. The summed E-state index contributed by atoms with van der Waals surface area (Å²) in [6.07, 6.45) is 10.2. The molecule has 1 aliphatic carbocycles. The molecule has 5 nitrogen and oxygen atoms in total. The zero-order valence-electron chi connectivity index (χ0n) is 13.2. The van der Waals surface area contributed by atoms with Crippen molar-refractivity contribution in [2.45, 2.75) is 76.8 Å². The molecular formula is C16H29N3O2. The third-order valence-corrected chi connectivity index (χ3v) is 4.76. The molecule has 1 aliphatic heterocycles. The third kappa shape index (κ3) is 4.90. The molecule has 0 aromatic rings. The van der Waals surface area contributed by atoms with Crippen molar-refractivity contribution in [1.82, 2.24) is 15.5 Å². The number of rotatable bonds is 4. The second kappa shape index (κ2) is 8.25. The molecule has 120 valence electrons. The summed E-state index contributed by atoms with van der Waals surface area (Å²) in [5, 5.41) is 5.71. The minimum absolute atomic E-state index is 0.0559. The summed E-state index contributed by atoms with van der Waals surface area (Å²) in [5.74, 6) is 0.0559. The highest BCUT2D eigenvalue weighted by atomic mass is 16.2. The lowest BCUT2D eigenvalue weighted by molar-refractivity contribution is -0.133. The van der Waals surface area contributed by atoms with Crippen molar-refractivity contribution >= 4 is 11.9 Å². The van der Waals surface area contributed by atoms with Crippen molar-refractivity contribution in [1.29, 1.82) is 0 Å². The fourth-order valence-electron chi connectivity index (χ4n) is 3.49. The van der Waals surface area contributed by atoms with Crippen molar-refractivity contribution in [2.24, 2.45) is 0 Å². The Bertz CT molecular complexity index is 353. The number of hydrogen-bond donors (Lipinski definition) is 2. The number of nitrogens with zero attached hydrogens (tertiary/aromatic N) is 1. The number of hydrogen-bond acceptors (Lipinski definition) is 2. The van der Waals surface area contributed by atoms with Crippen LogP contribution >= 0.6 is 0 Å². The number of carbonyl (C=O) groups is 2. The molecule has 2 fully saturated rings. The number of amides is 3. The van der Waals surface area contributed by atoms with Crippen LogP contribution in [0, 0.1) is 0 Å². The van der Waals surface area contributed by atoms with E-state index < -0.39 is 0 Å². The van der Waals surface area contributed by atoms with Gasteiger partial charge in [-0.2, -0.15) is 0 Å². The standard InChI is InChI=1S/C16H29N3O2/c1-2-14-10-6-7-11-19(14)15(20)12-17-16(21)18-13-8-4-3-5-9-13/h13-14H,2-12H2,1H3,(H2,17,18,21). The van der Waals surface area contributed by atoms with E-state index in [2.05, 4.69) is 17.6 Å². The monoisotopic (exact) mass is 295 g/mol. The third-order valence-electron chi connectivity index (χ3n) is 4.76. The van der Waals surface area contributed by atoms with Crippen molar-refractivity contribution in [3.05, 3.63) is 0 Å². The van der Waals surface area contributed by atoms with Crippen LogP contribution in [0.4, 0.5) is 4.79 Å². The van der Waals surface area contributed by atoms with Gasteiger partial charge in [-0.05, 0) is 38.5 Å². The Labute approximate surface area is 127 Å². The van der Waals surface area contributed by atoms with E-state index in [4.69, 9.17) is 0 Å². The molecule has 0 spiro atoms. The van der Waals surface area contributed by atoms with Gasteiger partial charge < -0.3 is 15.5 Å². The Morgan fingerprint density at radius 2 is 1.76 bits per heavy atom. The van der Waals surface area contributed by atoms with Crippen LogP contribution in [0.3, 0.4) is 0 Å². The van der Waals surface area contributed by atoms with Crippen LogP contribution in [0.2, 0.25) is 0 Å². The predicted octanol–water partition coefficient (Wildman–Crippen LogP) is 2.41. The van der Waals surface area contributed by atoms with Gasteiger partial charge in [0.05, 0.1) is 6.54 Å². The highest BCUT2D eigenvalue weighted by Crippen LogP contribution is 2.19. The number of likely N-dealkylation sites (tertiary alicyclic amines) is 1. The van der Waals surface area contributed by atoms with Crippen LogP contribution in [0.1, 0.15) is 64.7 Å². The van der Waals surface area contributed by atoms with Gasteiger partial charge in [-0.15, -0.1) is 0 Å². The Morgan fingerprint density at radius 1 is 1.05 bits per heavy atom. The maximum atomic E-state index is 12.2. The van der Waals surface area contributed by atoms with Crippen LogP contribution in [-0.4, -0.2) is 42.0 Å². The average Bonchev–Trinajstić information content (AvgIpc) is 2.53. The van der Waals surface area contributed by atoms with Crippen molar-refractivity contribution in [3.63, 3.8) is 0 Å². The molecule has 0 bridgehead atoms. The minimum Gasteiger partial charge on any atom is -0.338 e. The summed E-state index contributed by atoms with van der Waals surface area (Å²) in [6.45, 7) is 3.08. The van der Waals surface area contributed by atoms with E-state index in [-0.39, 0.29) is 24.5 Å². The van der Waals surface area contributed by atoms with Gasteiger partial charge in [-0.3, -0.25) is 4.79 Å². The van der Waals surface area contributed by atoms with Crippen LogP contribution in [-0.2, 0) is 4.79 Å². The number of piperidine rings is 1. The van der Waals surface area contributed by atoms with Crippen LogP contribution < -0.4 is 10.6 Å². The van der Waals surface area contributed by atoms with E-state index >= 15 is 0 Å². The van der Waals surface area contributed by atoms with Gasteiger partial charge in [0.1, 0.15) is 0 Å². The predicted molar refractivity (Wildman–Crippen MR) is 83.1 cm³/mol. The van der Waals surface area contributed by atoms with E-state index in [1.165, 1.54) is 25.7 Å². The molecule has 1 saturated carbocycles. The van der Waals surface area contributed by atoms with E-state index in [0.29, 0.717) is 6.04 Å². The molecule has 21 heavy (non-hydrogen) atoms. The van der Waals surface area contributed by atoms with E-state index in [1.54, 1.807) is 0 Å². The summed E-state index contributed by atoms with van der Waals surface area (Å²) >= 11 is 0. The number of nitrogens with one attached hydrogen (secondary N) is 2. The fourth-order valence-corrected chi connectivity index (χ4v) is 3.49. The smallest absolute Gasteiger partial charge is 0.315 e. The normalized spacial score (nSPS) is 23.7. The Morgan fingerprint density at radius 3 is 2.48 bits per heavy atom. The second-order valence-corrected chi connectivity index (χ2v) is 6.31. The summed E-state index contributed by atoms with van der Waals surface area (Å²) in [5.41, 5.74) is 0. The molecule has 0 radical (unpaired) electrons. The van der Waals surface area contributed by atoms with Gasteiger partial charge >= 0.3 is 6.03 Å². The summed E-state index contributed by atoms with van der Waals surface area (Å²) < 4.78 is 0. The SMILES string of the molecule is CCC1CCCCN1C(=O)CNC(=O)NC1CCCCC1. The molecule has 0 aromatic carbocycles. The molecule has 2 rings (SSSR count). The van der Waals surface area contributed by atoms with Gasteiger partial charge in [0.25, 0.3) is 0 Å². The van der Waals surface area contributed by atoms with Crippen molar-refractivity contribution in [2.75, 3.05) is 13.1 Å². The summed E-state index contributed by atoms with van der Waals surface area (Å²) in [6, 6.07) is 0.446. The highest BCUT2D eigenvalue weighted by Gasteiger charge is 2.25. The van der Waals surface area contributed by atoms with E-state index in [1.807, 2.05) is 4.90 Å². The molecular weight excluding hydrogens is 266 g/mol. The average molecular weight is 295 g/mol. The fraction of sp³-hybridized carbons (Fsp3) is 0.875. The molecule has 3 amide bonds. The lowest BCUT2D eigenvalue weighted by atomic mass is 9.96. The zero-order valence-corrected chi connectivity index (χ0v) is 13.2. The van der Waals surface area contributed by atoms with Crippen LogP contribution in [0.15, 0.2) is 0 Å². The van der Waals surface area contributed by atoms with Gasteiger partial charge in [0, 0.05) is 18.6 Å². The molecule has 2 N–H and O–H groups in total. The van der Waals surface area contributed by atoms with Gasteiger partial charge in [-0.1, -0.05) is 26.2 Å². The topological polar surface area (TPSA) is 61.4 Å². The lowest BCUT2D eigenvalue weighted by Crippen LogP contribution is -2.50. The number of carbonyl (C=O) groups excluding carboxylic acids is 2. The minimum atomic E-state index is -0.194. The first-order chi connectivity index (χ1) is 10.2. The van der Waals surface area contributed by atoms with Gasteiger partial charge in [0.15, 0.2) is 0 Å². The first-order valence-electron chi connectivity index (χ1n) is 8.54. The maximum absolute atomic E-state index is 12.2. The first-order valence-corrected chi connectivity index (χ1v) is 8.54. The first kappa shape index (κ1) is 16.1. The molecule has 0 aromatic heterocycles. The van der Waals surface area contributed by atoms with Gasteiger partial charge in [0.2, 0.25) is 5.91 Å². The highest BCUT2D eigenvalue weighted by molar-refractivity contribution is 5.84. The Balaban J connectivity index is 1.70. The molecule has 1 heterocycles. The maximum Gasteiger partial charge on any atom is 0.315 e. The van der Waals surface area contributed by atoms with Crippen molar-refractivity contribution < 1.29 is 9.59 Å². The largest absolute Gasteiger partial charge is 0.338 e. The zero-order chi connectivity index (χ0) is 15.1.